The third-order valence-corrected chi connectivity index (χ3v) is 6.12. The largest absolute Gasteiger partial charge is 0.454 e. The smallest absolute Gasteiger partial charge is 0.231 e. The molecule has 1 aliphatic heterocycles. The molecule has 0 saturated carbocycles. The van der Waals surface area contributed by atoms with Crippen LogP contribution in [-0.4, -0.2) is 33.5 Å². The van der Waals surface area contributed by atoms with Gasteiger partial charge in [0.25, 0.3) is 0 Å². The average Bonchev–Trinajstić information content (AvgIpc) is 3.43. The Balaban J connectivity index is 1.42. The third kappa shape index (κ3) is 3.04. The predicted molar refractivity (Wildman–Crippen MR) is 110 cm³/mol. The number of aromatic nitrogens is 4. The molecular formula is C19H16ClN5O2S. The van der Waals surface area contributed by atoms with Crippen LogP contribution >= 0.6 is 22.9 Å². The Hall–Kier alpha value is -2.84. The number of halogens is 1. The summed E-state index contributed by atoms with van der Waals surface area (Å²) in [6.45, 7) is 2.96. The Morgan fingerprint density at radius 3 is 2.96 bits per heavy atom. The number of nitrogens with zero attached hydrogens (tertiary/aromatic N) is 3. The SMILES string of the molecule is Cc1sc2nc(-c3ccn[nH]3)nc(NCCc3ccc4c(c3)OCO4)c2c1Cl. The number of ether oxygens (including phenoxy) is 2. The van der Waals surface area contributed by atoms with E-state index in [0.717, 1.165) is 50.1 Å². The molecule has 2 N–H and O–H groups in total. The molecule has 3 aromatic heterocycles. The Morgan fingerprint density at radius 2 is 2.11 bits per heavy atom. The minimum atomic E-state index is 0.280. The summed E-state index contributed by atoms with van der Waals surface area (Å²) in [5, 5.41) is 11.9. The van der Waals surface area contributed by atoms with Crippen molar-refractivity contribution in [2.75, 3.05) is 18.7 Å². The van der Waals surface area contributed by atoms with E-state index in [2.05, 4.69) is 20.5 Å². The van der Waals surface area contributed by atoms with Gasteiger partial charge in [-0.05, 0) is 37.1 Å². The highest BCUT2D eigenvalue weighted by Crippen LogP contribution is 2.38. The summed E-state index contributed by atoms with van der Waals surface area (Å²) in [5.74, 6) is 2.90. The highest BCUT2D eigenvalue weighted by molar-refractivity contribution is 7.19. The van der Waals surface area contributed by atoms with Crippen LogP contribution in [0.2, 0.25) is 5.02 Å². The van der Waals surface area contributed by atoms with Gasteiger partial charge in [-0.3, -0.25) is 5.10 Å². The van der Waals surface area contributed by atoms with Crippen molar-refractivity contribution in [3.8, 4) is 23.0 Å². The van der Waals surface area contributed by atoms with Crippen molar-refractivity contribution in [1.82, 2.24) is 20.2 Å². The van der Waals surface area contributed by atoms with Gasteiger partial charge < -0.3 is 14.8 Å². The van der Waals surface area contributed by atoms with Crippen molar-refractivity contribution in [1.29, 1.82) is 0 Å². The summed E-state index contributed by atoms with van der Waals surface area (Å²) < 4.78 is 10.8. The Labute approximate surface area is 169 Å². The number of rotatable bonds is 5. The molecule has 7 nitrogen and oxygen atoms in total. The van der Waals surface area contributed by atoms with Gasteiger partial charge in [-0.25, -0.2) is 9.97 Å². The summed E-state index contributed by atoms with van der Waals surface area (Å²) in [6.07, 6.45) is 2.49. The van der Waals surface area contributed by atoms with Crippen LogP contribution in [0.4, 0.5) is 5.82 Å². The Bertz CT molecular complexity index is 1160. The number of thiophene rings is 1. The molecule has 4 heterocycles. The fourth-order valence-corrected chi connectivity index (χ4v) is 4.39. The summed E-state index contributed by atoms with van der Waals surface area (Å²) >= 11 is 8.08. The lowest BCUT2D eigenvalue weighted by molar-refractivity contribution is 0.174. The van der Waals surface area contributed by atoms with Crippen LogP contribution in [-0.2, 0) is 6.42 Å². The summed E-state index contributed by atoms with van der Waals surface area (Å²) in [7, 11) is 0. The van der Waals surface area contributed by atoms with E-state index in [1.165, 1.54) is 0 Å². The number of nitrogens with one attached hydrogen (secondary N) is 2. The lowest BCUT2D eigenvalue weighted by atomic mass is 10.1. The second-order valence-electron chi connectivity index (χ2n) is 6.38. The maximum Gasteiger partial charge on any atom is 0.231 e. The zero-order chi connectivity index (χ0) is 19.1. The van der Waals surface area contributed by atoms with E-state index in [-0.39, 0.29) is 6.79 Å². The van der Waals surface area contributed by atoms with E-state index >= 15 is 0 Å². The lowest BCUT2D eigenvalue weighted by Crippen LogP contribution is -2.08. The quantitative estimate of drug-likeness (QED) is 0.503. The van der Waals surface area contributed by atoms with Gasteiger partial charge in [0.1, 0.15) is 16.3 Å². The van der Waals surface area contributed by atoms with Crippen molar-refractivity contribution in [2.45, 2.75) is 13.3 Å². The molecule has 1 aliphatic rings. The van der Waals surface area contributed by atoms with E-state index in [1.54, 1.807) is 17.5 Å². The molecule has 0 atom stereocenters. The van der Waals surface area contributed by atoms with E-state index < -0.39 is 0 Å². The second-order valence-corrected chi connectivity index (χ2v) is 7.96. The van der Waals surface area contributed by atoms with Crippen LogP contribution in [0.15, 0.2) is 30.5 Å². The molecule has 0 aliphatic carbocycles. The molecule has 0 amide bonds. The van der Waals surface area contributed by atoms with Gasteiger partial charge >= 0.3 is 0 Å². The first-order valence-electron chi connectivity index (χ1n) is 8.78. The van der Waals surface area contributed by atoms with E-state index in [1.807, 2.05) is 31.2 Å². The van der Waals surface area contributed by atoms with Crippen molar-refractivity contribution >= 4 is 39.0 Å². The molecule has 9 heteroatoms. The minimum Gasteiger partial charge on any atom is -0.454 e. The number of aryl methyl sites for hydroxylation is 1. The highest BCUT2D eigenvalue weighted by atomic mass is 35.5. The first-order valence-corrected chi connectivity index (χ1v) is 9.97. The normalized spacial score (nSPS) is 12.6. The van der Waals surface area contributed by atoms with Gasteiger partial charge in [-0.2, -0.15) is 5.10 Å². The Kier molecular flexibility index (Phi) is 4.29. The van der Waals surface area contributed by atoms with Gasteiger partial charge in [0.15, 0.2) is 17.3 Å². The van der Waals surface area contributed by atoms with Gasteiger partial charge in [0, 0.05) is 17.6 Å². The number of H-pyrrole nitrogens is 1. The molecule has 1 aromatic carbocycles. The zero-order valence-electron chi connectivity index (χ0n) is 15.0. The number of benzene rings is 1. The topological polar surface area (TPSA) is 85.0 Å². The minimum absolute atomic E-state index is 0.280. The molecule has 4 aromatic rings. The molecule has 142 valence electrons. The molecule has 0 radical (unpaired) electrons. The van der Waals surface area contributed by atoms with Crippen LogP contribution in [0.1, 0.15) is 10.4 Å². The Morgan fingerprint density at radius 1 is 1.21 bits per heavy atom. The fraction of sp³-hybridized carbons (Fsp3) is 0.211. The number of anilines is 1. The molecule has 28 heavy (non-hydrogen) atoms. The maximum atomic E-state index is 6.52. The van der Waals surface area contributed by atoms with Crippen molar-refractivity contribution in [3.05, 3.63) is 45.9 Å². The monoisotopic (exact) mass is 413 g/mol. The fourth-order valence-electron chi connectivity index (χ4n) is 3.13. The summed E-state index contributed by atoms with van der Waals surface area (Å²) in [5.41, 5.74) is 1.92. The highest BCUT2D eigenvalue weighted by Gasteiger charge is 2.17. The first-order chi connectivity index (χ1) is 13.7. The standard InChI is InChI=1S/C19H16ClN5O2S/c1-10-16(20)15-18(23-17(24-19(15)28-10)12-5-7-22-25-12)21-6-4-11-2-3-13-14(8-11)27-9-26-13/h2-3,5,7-8H,4,6,9H2,1H3,(H,22,25)(H,21,23,24). The molecule has 0 spiro atoms. The second kappa shape index (κ2) is 6.96. The van der Waals surface area contributed by atoms with Gasteiger partial charge in [-0.1, -0.05) is 17.7 Å². The molecule has 5 rings (SSSR count). The van der Waals surface area contributed by atoms with Crippen LogP contribution in [0.3, 0.4) is 0 Å². The first kappa shape index (κ1) is 17.3. The van der Waals surface area contributed by atoms with Gasteiger partial charge in [0.2, 0.25) is 6.79 Å². The number of fused-ring (bicyclic) bond motifs is 2. The van der Waals surface area contributed by atoms with Gasteiger partial charge in [0.05, 0.1) is 10.4 Å². The molecule has 0 unspecified atom stereocenters. The van der Waals surface area contributed by atoms with Crippen LogP contribution < -0.4 is 14.8 Å². The van der Waals surface area contributed by atoms with Crippen LogP contribution in [0.5, 0.6) is 11.5 Å². The number of hydrogen-bond acceptors (Lipinski definition) is 7. The lowest BCUT2D eigenvalue weighted by Gasteiger charge is -2.09. The predicted octanol–water partition coefficient (Wildman–Crippen LogP) is 4.43. The third-order valence-electron chi connectivity index (χ3n) is 4.54. The number of aromatic amines is 1. The van der Waals surface area contributed by atoms with E-state index in [4.69, 9.17) is 26.1 Å². The van der Waals surface area contributed by atoms with E-state index in [0.29, 0.717) is 17.4 Å². The number of hydrogen-bond donors (Lipinski definition) is 2. The maximum absolute atomic E-state index is 6.52. The van der Waals surface area contributed by atoms with Crippen molar-refractivity contribution in [2.24, 2.45) is 0 Å². The molecule has 0 fully saturated rings. The molecule has 0 bridgehead atoms. The van der Waals surface area contributed by atoms with Crippen molar-refractivity contribution < 1.29 is 9.47 Å². The molecule has 0 saturated heterocycles. The molecular weight excluding hydrogens is 398 g/mol. The zero-order valence-corrected chi connectivity index (χ0v) is 16.5. The van der Waals surface area contributed by atoms with Crippen LogP contribution in [0.25, 0.3) is 21.7 Å². The van der Waals surface area contributed by atoms with E-state index in [9.17, 15) is 0 Å². The van der Waals surface area contributed by atoms with Gasteiger partial charge in [-0.15, -0.1) is 11.3 Å². The van der Waals surface area contributed by atoms with Crippen LogP contribution in [0, 0.1) is 6.92 Å². The average molecular weight is 414 g/mol. The summed E-state index contributed by atoms with van der Waals surface area (Å²) in [4.78, 5) is 11.2. The van der Waals surface area contributed by atoms with Crippen molar-refractivity contribution in [3.63, 3.8) is 0 Å². The summed E-state index contributed by atoms with van der Waals surface area (Å²) in [6, 6.07) is 7.84.